The number of amides is 2. The Morgan fingerprint density at radius 1 is 1.09 bits per heavy atom. The van der Waals surface area contributed by atoms with E-state index >= 15 is 0 Å². The highest BCUT2D eigenvalue weighted by atomic mass is 16.5. The lowest BCUT2D eigenvalue weighted by atomic mass is 9.69. The first-order valence-corrected chi connectivity index (χ1v) is 12.6. The molecule has 186 valence electrons. The highest BCUT2D eigenvalue weighted by Gasteiger charge is 2.57. The molecule has 2 aromatic rings. The molecular weight excluding hydrogens is 444 g/mol. The van der Waals surface area contributed by atoms with Crippen LogP contribution in [0.15, 0.2) is 54.6 Å². The van der Waals surface area contributed by atoms with Gasteiger partial charge in [0, 0.05) is 24.8 Å². The van der Waals surface area contributed by atoms with Crippen LogP contribution in [0.2, 0.25) is 0 Å². The highest BCUT2D eigenvalue weighted by molar-refractivity contribution is 6.02. The van der Waals surface area contributed by atoms with Crippen LogP contribution in [-0.4, -0.2) is 53.6 Å². The maximum absolute atomic E-state index is 13.7. The van der Waals surface area contributed by atoms with Crippen molar-refractivity contribution in [2.45, 2.75) is 39.2 Å². The molecule has 1 heterocycles. The number of carbonyl (C=O) groups excluding carboxylic acids is 3. The Balaban J connectivity index is 1.66. The van der Waals surface area contributed by atoms with Gasteiger partial charge in [-0.05, 0) is 48.6 Å². The van der Waals surface area contributed by atoms with Crippen molar-refractivity contribution in [3.8, 4) is 0 Å². The maximum Gasteiger partial charge on any atom is 0.310 e. The fourth-order valence-corrected chi connectivity index (χ4v) is 5.63. The minimum atomic E-state index is -0.763. The second-order valence-electron chi connectivity index (χ2n) is 9.32. The molecule has 1 aliphatic carbocycles. The van der Waals surface area contributed by atoms with Gasteiger partial charge in [0.05, 0.1) is 18.4 Å². The molecule has 0 saturated carbocycles. The summed E-state index contributed by atoms with van der Waals surface area (Å²) in [5, 5.41) is 14.5. The van der Waals surface area contributed by atoms with E-state index in [1.54, 1.807) is 11.8 Å². The molecule has 4 rings (SSSR count). The number of aliphatic hydroxyl groups excluding tert-OH is 1. The lowest BCUT2D eigenvalue weighted by molar-refractivity contribution is -0.155. The molecule has 7 nitrogen and oxygen atoms in total. The third-order valence-electron chi connectivity index (χ3n) is 7.14. The van der Waals surface area contributed by atoms with Gasteiger partial charge in [-0.2, -0.15) is 0 Å². The van der Waals surface area contributed by atoms with Gasteiger partial charge in [-0.1, -0.05) is 55.8 Å². The molecule has 35 heavy (non-hydrogen) atoms. The van der Waals surface area contributed by atoms with E-state index in [1.807, 2.05) is 61.5 Å². The number of hydrogen-bond acceptors (Lipinski definition) is 5. The number of esters is 1. The van der Waals surface area contributed by atoms with Gasteiger partial charge in [-0.15, -0.1) is 0 Å². The van der Waals surface area contributed by atoms with E-state index in [4.69, 9.17) is 4.74 Å². The summed E-state index contributed by atoms with van der Waals surface area (Å²) in [6.07, 6.45) is 5.93. The van der Waals surface area contributed by atoms with E-state index in [2.05, 4.69) is 5.32 Å². The van der Waals surface area contributed by atoms with Gasteiger partial charge in [0.15, 0.2) is 0 Å². The van der Waals surface area contributed by atoms with Crippen molar-refractivity contribution >= 4 is 34.2 Å². The van der Waals surface area contributed by atoms with E-state index in [-0.39, 0.29) is 43.5 Å². The lowest BCUT2D eigenvalue weighted by Crippen LogP contribution is -2.44. The standard InChI is InChI=1S/C28H34N2O5/c1-3-8-19-12-14-22-24(23(19)28(34)35-4-2)27(33)30(15-7-16-31)25(22)26(32)29-21-13-11-18-9-5-6-10-20(18)17-21/h5-6,9-14,17,19,22-25,31H,3-4,7-8,15-16H2,1-2H3,(H,29,32)/t19-,22+,23-,24-,25+/m1/s1. The molecule has 2 aromatic carbocycles. The summed E-state index contributed by atoms with van der Waals surface area (Å²) in [6, 6.07) is 12.8. The molecule has 0 radical (unpaired) electrons. The smallest absolute Gasteiger partial charge is 0.310 e. The highest BCUT2D eigenvalue weighted by Crippen LogP contribution is 2.45. The fraction of sp³-hybridized carbons (Fsp3) is 0.464. The zero-order chi connectivity index (χ0) is 24.9. The van der Waals surface area contributed by atoms with E-state index in [0.717, 1.165) is 23.6 Å². The monoisotopic (exact) mass is 478 g/mol. The van der Waals surface area contributed by atoms with Crippen molar-refractivity contribution in [3.63, 3.8) is 0 Å². The molecule has 0 aromatic heterocycles. The molecule has 0 spiro atoms. The topological polar surface area (TPSA) is 95.9 Å². The molecule has 5 atom stereocenters. The minimum absolute atomic E-state index is 0.0896. The Bertz CT molecular complexity index is 1110. The number of nitrogens with zero attached hydrogens (tertiary/aromatic N) is 1. The van der Waals surface area contributed by atoms with Crippen molar-refractivity contribution in [1.29, 1.82) is 0 Å². The van der Waals surface area contributed by atoms with E-state index in [0.29, 0.717) is 12.1 Å². The van der Waals surface area contributed by atoms with Crippen molar-refractivity contribution in [3.05, 3.63) is 54.6 Å². The van der Waals surface area contributed by atoms with Crippen LogP contribution in [0.25, 0.3) is 10.8 Å². The predicted molar refractivity (Wildman–Crippen MR) is 134 cm³/mol. The molecule has 2 aliphatic rings. The summed E-state index contributed by atoms with van der Waals surface area (Å²) >= 11 is 0. The molecule has 0 unspecified atom stereocenters. The number of allylic oxidation sites excluding steroid dienone is 1. The Morgan fingerprint density at radius 3 is 2.57 bits per heavy atom. The van der Waals surface area contributed by atoms with Crippen molar-refractivity contribution in [2.24, 2.45) is 23.7 Å². The third kappa shape index (κ3) is 4.96. The Morgan fingerprint density at radius 2 is 1.86 bits per heavy atom. The van der Waals surface area contributed by atoms with Crippen molar-refractivity contribution in [2.75, 3.05) is 25.1 Å². The molecule has 2 amide bonds. The van der Waals surface area contributed by atoms with Gasteiger partial charge in [-0.25, -0.2) is 0 Å². The summed E-state index contributed by atoms with van der Waals surface area (Å²) in [6.45, 7) is 4.20. The largest absolute Gasteiger partial charge is 0.466 e. The average Bonchev–Trinajstić information content (AvgIpc) is 3.14. The number of ether oxygens (including phenoxy) is 1. The number of fused-ring (bicyclic) bond motifs is 2. The van der Waals surface area contributed by atoms with Crippen LogP contribution >= 0.6 is 0 Å². The summed E-state index contributed by atoms with van der Waals surface area (Å²) < 4.78 is 5.38. The lowest BCUT2D eigenvalue weighted by Gasteiger charge is -2.33. The Kier molecular flexibility index (Phi) is 7.86. The number of likely N-dealkylation sites (tertiary alicyclic amines) is 1. The van der Waals surface area contributed by atoms with Gasteiger partial charge in [0.25, 0.3) is 0 Å². The van der Waals surface area contributed by atoms with Crippen LogP contribution in [0, 0.1) is 23.7 Å². The number of benzene rings is 2. The second kappa shape index (κ2) is 11.0. The Labute approximate surface area is 206 Å². The molecule has 7 heteroatoms. The summed E-state index contributed by atoms with van der Waals surface area (Å²) in [5.41, 5.74) is 0.650. The van der Waals surface area contributed by atoms with Crippen molar-refractivity contribution < 1.29 is 24.2 Å². The number of anilines is 1. The molecular formula is C28H34N2O5. The molecule has 1 fully saturated rings. The summed E-state index contributed by atoms with van der Waals surface area (Å²) in [4.78, 5) is 41.9. The minimum Gasteiger partial charge on any atom is -0.466 e. The second-order valence-corrected chi connectivity index (χ2v) is 9.32. The van der Waals surface area contributed by atoms with Gasteiger partial charge in [-0.3, -0.25) is 14.4 Å². The van der Waals surface area contributed by atoms with Gasteiger partial charge in [0.2, 0.25) is 11.8 Å². The van der Waals surface area contributed by atoms with E-state index in [9.17, 15) is 19.5 Å². The zero-order valence-electron chi connectivity index (χ0n) is 20.4. The first kappa shape index (κ1) is 24.9. The van der Waals surface area contributed by atoms with Crippen LogP contribution in [-0.2, 0) is 19.1 Å². The van der Waals surface area contributed by atoms with Gasteiger partial charge >= 0.3 is 5.97 Å². The van der Waals surface area contributed by atoms with Gasteiger partial charge < -0.3 is 20.1 Å². The first-order valence-electron chi connectivity index (χ1n) is 12.6. The van der Waals surface area contributed by atoms with E-state index in [1.165, 1.54) is 0 Å². The Hall–Kier alpha value is -3.19. The average molecular weight is 479 g/mol. The first-order chi connectivity index (χ1) is 17.0. The molecule has 2 N–H and O–H groups in total. The van der Waals surface area contributed by atoms with Crippen LogP contribution < -0.4 is 5.32 Å². The fourth-order valence-electron chi connectivity index (χ4n) is 5.63. The number of hydrogen-bond donors (Lipinski definition) is 2. The number of rotatable bonds is 9. The van der Waals surface area contributed by atoms with Gasteiger partial charge in [0.1, 0.15) is 6.04 Å². The summed E-state index contributed by atoms with van der Waals surface area (Å²) in [7, 11) is 0. The number of nitrogens with one attached hydrogen (secondary N) is 1. The van der Waals surface area contributed by atoms with Crippen LogP contribution in [0.4, 0.5) is 5.69 Å². The molecule has 1 saturated heterocycles. The van der Waals surface area contributed by atoms with Crippen LogP contribution in [0.1, 0.15) is 33.1 Å². The summed E-state index contributed by atoms with van der Waals surface area (Å²) in [5.74, 6) is -2.70. The van der Waals surface area contributed by atoms with Crippen LogP contribution in [0.5, 0.6) is 0 Å². The zero-order valence-corrected chi connectivity index (χ0v) is 20.4. The molecule has 0 bridgehead atoms. The SMILES string of the molecule is CCC[C@@H]1C=C[C@H]2[C@@H](C(=O)N(CCCO)[C@@H]2C(=O)Nc2ccc3ccccc3c2)[C@@H]1C(=O)OCC. The number of aliphatic hydroxyl groups is 1. The third-order valence-corrected chi connectivity index (χ3v) is 7.14. The predicted octanol–water partition coefficient (Wildman–Crippen LogP) is 3.77. The normalized spacial score (nSPS) is 25.5. The number of carbonyl (C=O) groups is 3. The van der Waals surface area contributed by atoms with Crippen LogP contribution in [0.3, 0.4) is 0 Å². The molecule has 1 aliphatic heterocycles. The maximum atomic E-state index is 13.7. The van der Waals surface area contributed by atoms with Crippen molar-refractivity contribution in [1.82, 2.24) is 4.90 Å². The van der Waals surface area contributed by atoms with E-state index < -0.39 is 23.8 Å². The quantitative estimate of drug-likeness (QED) is 0.423.